The summed E-state index contributed by atoms with van der Waals surface area (Å²) in [5.74, 6) is 0.826. The van der Waals surface area contributed by atoms with Gasteiger partial charge in [-0.3, -0.25) is 4.79 Å². The van der Waals surface area contributed by atoms with Gasteiger partial charge in [0.15, 0.2) is 5.78 Å². The molecule has 4 atom stereocenters. The minimum atomic E-state index is -1.34. The Labute approximate surface area is 103 Å². The molecule has 2 rings (SSSR count). The Hall–Kier alpha value is -1.15. The van der Waals surface area contributed by atoms with Gasteiger partial charge in [-0.1, -0.05) is 23.8 Å². The predicted molar refractivity (Wildman–Crippen MR) is 68.4 cm³/mol. The third kappa shape index (κ3) is 2.14. The summed E-state index contributed by atoms with van der Waals surface area (Å²) in [5.41, 5.74) is -0.382. The quantitative estimate of drug-likeness (QED) is 0.740. The summed E-state index contributed by atoms with van der Waals surface area (Å²) in [6.45, 7) is 7.43. The van der Waals surface area contributed by atoms with Crippen molar-refractivity contribution in [2.24, 2.45) is 17.8 Å². The molecule has 92 valence electrons. The summed E-state index contributed by atoms with van der Waals surface area (Å²) in [6, 6.07) is 0. The molecule has 1 N–H and O–H groups in total. The zero-order valence-electron chi connectivity index (χ0n) is 10.5. The van der Waals surface area contributed by atoms with Gasteiger partial charge in [-0.2, -0.15) is 0 Å². The number of allylic oxidation sites excluding steroid dienone is 3. The standard InChI is InChI=1S/C15H20O2/c1-4-8-15(17,9-10(2)3)14(16)13-11-6-5-7-12(11)13/h4-6,9,11-13,17H,1,7-8H2,2-3H3/t11-,12+,13-,15?/m0/s1. The molecule has 0 aromatic rings. The molecule has 2 aliphatic carbocycles. The van der Waals surface area contributed by atoms with Crippen LogP contribution in [-0.2, 0) is 4.79 Å². The van der Waals surface area contributed by atoms with Gasteiger partial charge in [0, 0.05) is 12.3 Å². The number of rotatable bonds is 5. The number of hydrogen-bond acceptors (Lipinski definition) is 2. The fourth-order valence-corrected chi connectivity index (χ4v) is 2.95. The van der Waals surface area contributed by atoms with E-state index in [9.17, 15) is 9.90 Å². The zero-order chi connectivity index (χ0) is 12.6. The molecule has 1 saturated carbocycles. The van der Waals surface area contributed by atoms with E-state index in [0.29, 0.717) is 18.3 Å². The summed E-state index contributed by atoms with van der Waals surface area (Å²) < 4.78 is 0. The fourth-order valence-electron chi connectivity index (χ4n) is 2.95. The molecule has 2 nitrogen and oxygen atoms in total. The van der Waals surface area contributed by atoms with E-state index < -0.39 is 5.60 Å². The molecule has 0 aromatic carbocycles. The van der Waals surface area contributed by atoms with E-state index >= 15 is 0 Å². The fraction of sp³-hybridized carbons (Fsp3) is 0.533. The van der Waals surface area contributed by atoms with E-state index in [2.05, 4.69) is 18.7 Å². The minimum absolute atomic E-state index is 0.0283. The van der Waals surface area contributed by atoms with Crippen molar-refractivity contribution in [3.8, 4) is 0 Å². The normalized spacial score (nSPS) is 32.5. The molecule has 0 spiro atoms. The van der Waals surface area contributed by atoms with E-state index in [1.54, 1.807) is 12.2 Å². The molecule has 0 aliphatic heterocycles. The average molecular weight is 232 g/mol. The number of aliphatic hydroxyl groups is 1. The van der Waals surface area contributed by atoms with Gasteiger partial charge in [0.05, 0.1) is 0 Å². The third-order valence-corrected chi connectivity index (χ3v) is 3.71. The molecule has 0 bridgehead atoms. The second-order valence-corrected chi connectivity index (χ2v) is 5.43. The number of fused-ring (bicyclic) bond motifs is 1. The number of carbonyl (C=O) groups excluding carboxylic acids is 1. The van der Waals surface area contributed by atoms with Crippen molar-refractivity contribution in [2.75, 3.05) is 0 Å². The lowest BCUT2D eigenvalue weighted by molar-refractivity contribution is -0.134. The second-order valence-electron chi connectivity index (χ2n) is 5.43. The Morgan fingerprint density at radius 1 is 1.59 bits per heavy atom. The van der Waals surface area contributed by atoms with Crippen molar-refractivity contribution in [1.82, 2.24) is 0 Å². The van der Waals surface area contributed by atoms with Gasteiger partial charge in [0.25, 0.3) is 0 Å². The largest absolute Gasteiger partial charge is 0.378 e. The van der Waals surface area contributed by atoms with Crippen molar-refractivity contribution >= 4 is 5.78 Å². The zero-order valence-corrected chi connectivity index (χ0v) is 10.5. The number of ketones is 1. The van der Waals surface area contributed by atoms with Gasteiger partial charge in [0.1, 0.15) is 5.60 Å². The van der Waals surface area contributed by atoms with Crippen LogP contribution in [0.3, 0.4) is 0 Å². The highest BCUT2D eigenvalue weighted by Gasteiger charge is 2.58. The molecule has 0 saturated heterocycles. The highest BCUT2D eigenvalue weighted by molar-refractivity contribution is 5.94. The second kappa shape index (κ2) is 4.26. The maximum Gasteiger partial charge on any atom is 0.172 e. The van der Waals surface area contributed by atoms with Crippen molar-refractivity contribution in [2.45, 2.75) is 32.3 Å². The molecule has 0 amide bonds. The molecular formula is C15H20O2. The van der Waals surface area contributed by atoms with Gasteiger partial charge >= 0.3 is 0 Å². The predicted octanol–water partition coefficient (Wildman–Crippen LogP) is 2.65. The minimum Gasteiger partial charge on any atom is -0.378 e. The molecule has 1 unspecified atom stereocenters. The van der Waals surface area contributed by atoms with Crippen LogP contribution in [0.4, 0.5) is 0 Å². The first kappa shape index (κ1) is 12.3. The van der Waals surface area contributed by atoms with Gasteiger partial charge in [0.2, 0.25) is 0 Å². The van der Waals surface area contributed by atoms with E-state index in [1.165, 1.54) is 0 Å². The summed E-state index contributed by atoms with van der Waals surface area (Å²) in [5, 5.41) is 10.5. The number of carbonyl (C=O) groups is 1. The molecule has 0 radical (unpaired) electrons. The Balaban J connectivity index is 2.17. The van der Waals surface area contributed by atoms with Crippen LogP contribution in [0.15, 0.2) is 36.5 Å². The Morgan fingerprint density at radius 2 is 2.29 bits per heavy atom. The molecule has 1 fully saturated rings. The van der Waals surface area contributed by atoms with Crippen LogP contribution in [0, 0.1) is 17.8 Å². The van der Waals surface area contributed by atoms with Crippen LogP contribution >= 0.6 is 0 Å². The highest BCUT2D eigenvalue weighted by Crippen LogP contribution is 2.55. The highest BCUT2D eigenvalue weighted by atomic mass is 16.3. The first-order valence-corrected chi connectivity index (χ1v) is 6.20. The van der Waals surface area contributed by atoms with Crippen LogP contribution in [0.5, 0.6) is 0 Å². The van der Waals surface area contributed by atoms with Crippen molar-refractivity contribution in [3.05, 3.63) is 36.5 Å². The molecule has 17 heavy (non-hydrogen) atoms. The topological polar surface area (TPSA) is 37.3 Å². The first-order valence-electron chi connectivity index (χ1n) is 6.20. The molecule has 2 aliphatic rings. The summed E-state index contributed by atoms with van der Waals surface area (Å²) in [4.78, 5) is 12.4. The van der Waals surface area contributed by atoms with Crippen molar-refractivity contribution in [3.63, 3.8) is 0 Å². The van der Waals surface area contributed by atoms with Crippen molar-refractivity contribution in [1.29, 1.82) is 0 Å². The molecule has 0 aromatic heterocycles. The van der Waals surface area contributed by atoms with Crippen LogP contribution in [0.1, 0.15) is 26.7 Å². The summed E-state index contributed by atoms with van der Waals surface area (Å²) in [7, 11) is 0. The maximum atomic E-state index is 12.4. The smallest absolute Gasteiger partial charge is 0.172 e. The van der Waals surface area contributed by atoms with Gasteiger partial charge in [-0.15, -0.1) is 6.58 Å². The summed E-state index contributed by atoms with van der Waals surface area (Å²) >= 11 is 0. The maximum absolute atomic E-state index is 12.4. The lowest BCUT2D eigenvalue weighted by Gasteiger charge is -2.23. The van der Waals surface area contributed by atoms with E-state index in [0.717, 1.165) is 12.0 Å². The number of hydrogen-bond donors (Lipinski definition) is 1. The van der Waals surface area contributed by atoms with Crippen LogP contribution in [0.25, 0.3) is 0 Å². The Bertz CT molecular complexity index is 401. The van der Waals surface area contributed by atoms with Gasteiger partial charge in [-0.25, -0.2) is 0 Å². The Kier molecular flexibility index (Phi) is 3.09. The van der Waals surface area contributed by atoms with Crippen LogP contribution < -0.4 is 0 Å². The van der Waals surface area contributed by atoms with E-state index in [-0.39, 0.29) is 11.7 Å². The van der Waals surface area contributed by atoms with Crippen LogP contribution in [-0.4, -0.2) is 16.5 Å². The lowest BCUT2D eigenvalue weighted by Crippen LogP contribution is -2.38. The van der Waals surface area contributed by atoms with E-state index in [4.69, 9.17) is 0 Å². The lowest BCUT2D eigenvalue weighted by atomic mass is 9.88. The molecular weight excluding hydrogens is 212 g/mol. The van der Waals surface area contributed by atoms with E-state index in [1.807, 2.05) is 13.8 Å². The first-order chi connectivity index (χ1) is 7.99. The summed E-state index contributed by atoms with van der Waals surface area (Å²) in [6.07, 6.45) is 8.83. The van der Waals surface area contributed by atoms with Gasteiger partial charge < -0.3 is 5.11 Å². The molecule has 2 heteroatoms. The monoisotopic (exact) mass is 232 g/mol. The average Bonchev–Trinajstić information content (AvgIpc) is 2.68. The number of Topliss-reactive ketones (excluding diaryl/α,β-unsaturated/α-hetero) is 1. The molecule has 0 heterocycles. The van der Waals surface area contributed by atoms with Crippen molar-refractivity contribution < 1.29 is 9.90 Å². The third-order valence-electron chi connectivity index (χ3n) is 3.71. The van der Waals surface area contributed by atoms with Crippen LogP contribution in [0.2, 0.25) is 0 Å². The van der Waals surface area contributed by atoms with Gasteiger partial charge in [-0.05, 0) is 38.2 Å². The Morgan fingerprint density at radius 3 is 2.76 bits per heavy atom. The SMILES string of the molecule is C=CCC(O)(C=C(C)C)C(=O)[C@H]1[C@H]2C=CC[C@H]21.